The van der Waals surface area contributed by atoms with Crippen LogP contribution in [-0.4, -0.2) is 50.1 Å². The van der Waals surface area contributed by atoms with E-state index in [1.165, 1.54) is 18.5 Å². The first-order valence-electron chi connectivity index (χ1n) is 9.91. The average Bonchev–Trinajstić information content (AvgIpc) is 3.18. The van der Waals surface area contributed by atoms with Gasteiger partial charge in [-0.15, -0.1) is 9.89 Å². The highest BCUT2D eigenvalue weighted by atomic mass is 16.6. The summed E-state index contributed by atoms with van der Waals surface area (Å²) in [5.74, 6) is -0.448. The maximum absolute atomic E-state index is 13.0. The SMILES string of the molecule is CC(C)(C)OC(=O)N=C(N(C(=O)OCc1ccccc1)C(=O)OC(C)(C)C)n1cccn1. The van der Waals surface area contributed by atoms with E-state index < -0.39 is 35.4 Å². The van der Waals surface area contributed by atoms with Crippen molar-refractivity contribution in [2.45, 2.75) is 59.4 Å². The zero-order chi connectivity index (χ0) is 23.9. The Morgan fingerprint density at radius 2 is 1.56 bits per heavy atom. The lowest BCUT2D eigenvalue weighted by molar-refractivity contribution is 0.0325. The van der Waals surface area contributed by atoms with E-state index >= 15 is 0 Å². The molecule has 0 N–H and O–H groups in total. The zero-order valence-corrected chi connectivity index (χ0v) is 19.1. The van der Waals surface area contributed by atoms with Crippen molar-refractivity contribution in [3.63, 3.8) is 0 Å². The van der Waals surface area contributed by atoms with Gasteiger partial charge in [0.25, 0.3) is 5.96 Å². The summed E-state index contributed by atoms with van der Waals surface area (Å²) >= 11 is 0. The van der Waals surface area contributed by atoms with Crippen LogP contribution in [0.2, 0.25) is 0 Å². The summed E-state index contributed by atoms with van der Waals surface area (Å²) in [6.45, 7) is 9.78. The van der Waals surface area contributed by atoms with Gasteiger partial charge in [0, 0.05) is 12.4 Å². The van der Waals surface area contributed by atoms with E-state index in [1.54, 1.807) is 65.8 Å². The molecule has 2 rings (SSSR count). The van der Waals surface area contributed by atoms with Crippen LogP contribution in [0.15, 0.2) is 53.8 Å². The Kier molecular flexibility index (Phi) is 7.74. The lowest BCUT2D eigenvalue weighted by Gasteiger charge is -2.26. The lowest BCUT2D eigenvalue weighted by atomic mass is 10.2. The molecule has 0 saturated heterocycles. The molecule has 1 aromatic heterocycles. The molecule has 0 bridgehead atoms. The van der Waals surface area contributed by atoms with Gasteiger partial charge in [0.2, 0.25) is 0 Å². The Balaban J connectivity index is 2.43. The molecular weight excluding hydrogens is 416 g/mol. The minimum absolute atomic E-state index is 0.113. The minimum Gasteiger partial charge on any atom is -0.444 e. The number of imide groups is 1. The number of rotatable bonds is 2. The van der Waals surface area contributed by atoms with Crippen molar-refractivity contribution in [1.29, 1.82) is 0 Å². The Morgan fingerprint density at radius 3 is 2.09 bits per heavy atom. The lowest BCUT2D eigenvalue weighted by Crippen LogP contribution is -2.48. The highest BCUT2D eigenvalue weighted by Crippen LogP contribution is 2.15. The number of aliphatic imine (C=N–C) groups is 1. The van der Waals surface area contributed by atoms with Crippen molar-refractivity contribution >= 4 is 24.2 Å². The van der Waals surface area contributed by atoms with Gasteiger partial charge in [-0.1, -0.05) is 30.3 Å². The summed E-state index contributed by atoms with van der Waals surface area (Å²) in [6, 6.07) is 10.4. The number of hydrogen-bond donors (Lipinski definition) is 0. The van der Waals surface area contributed by atoms with Crippen LogP contribution in [0.25, 0.3) is 0 Å². The highest BCUT2D eigenvalue weighted by Gasteiger charge is 2.35. The molecule has 2 aromatic rings. The fourth-order valence-electron chi connectivity index (χ4n) is 2.29. The average molecular weight is 444 g/mol. The van der Waals surface area contributed by atoms with Crippen molar-refractivity contribution in [3.05, 3.63) is 54.4 Å². The molecule has 32 heavy (non-hydrogen) atoms. The van der Waals surface area contributed by atoms with E-state index in [1.807, 2.05) is 6.07 Å². The maximum Gasteiger partial charge on any atom is 0.437 e. The van der Waals surface area contributed by atoms with Crippen molar-refractivity contribution in [3.8, 4) is 0 Å². The predicted octanol–water partition coefficient (Wildman–Crippen LogP) is 4.60. The number of aromatic nitrogens is 2. The number of carbonyl (C=O) groups is 3. The van der Waals surface area contributed by atoms with Crippen LogP contribution in [0, 0.1) is 0 Å². The van der Waals surface area contributed by atoms with Crippen LogP contribution in [0.5, 0.6) is 0 Å². The van der Waals surface area contributed by atoms with Crippen LogP contribution in [0.3, 0.4) is 0 Å². The van der Waals surface area contributed by atoms with Crippen molar-refractivity contribution in [2.75, 3.05) is 0 Å². The molecule has 1 aromatic carbocycles. The van der Waals surface area contributed by atoms with E-state index in [0.717, 1.165) is 4.68 Å². The Labute approximate surface area is 186 Å². The highest BCUT2D eigenvalue weighted by molar-refractivity contribution is 6.10. The van der Waals surface area contributed by atoms with Crippen LogP contribution < -0.4 is 0 Å². The molecule has 0 saturated carbocycles. The molecule has 0 aliphatic heterocycles. The van der Waals surface area contributed by atoms with Crippen molar-refractivity contribution in [1.82, 2.24) is 14.7 Å². The smallest absolute Gasteiger partial charge is 0.437 e. The van der Waals surface area contributed by atoms with Gasteiger partial charge < -0.3 is 14.2 Å². The molecule has 0 fully saturated rings. The van der Waals surface area contributed by atoms with Gasteiger partial charge in [-0.2, -0.15) is 5.10 Å². The van der Waals surface area contributed by atoms with Crippen molar-refractivity contribution < 1.29 is 28.6 Å². The molecule has 1 heterocycles. The Hall–Kier alpha value is -3.69. The predicted molar refractivity (Wildman–Crippen MR) is 116 cm³/mol. The quantitative estimate of drug-likeness (QED) is 0.378. The summed E-state index contributed by atoms with van der Waals surface area (Å²) in [6.07, 6.45) is -0.403. The van der Waals surface area contributed by atoms with Crippen LogP contribution in [-0.2, 0) is 20.8 Å². The van der Waals surface area contributed by atoms with Gasteiger partial charge >= 0.3 is 18.3 Å². The van der Waals surface area contributed by atoms with Crippen LogP contribution in [0.1, 0.15) is 47.1 Å². The van der Waals surface area contributed by atoms with E-state index in [0.29, 0.717) is 10.5 Å². The number of benzene rings is 1. The molecule has 172 valence electrons. The van der Waals surface area contributed by atoms with E-state index in [2.05, 4.69) is 10.1 Å². The molecule has 0 aliphatic rings. The largest absolute Gasteiger partial charge is 0.444 e. The molecule has 0 spiro atoms. The summed E-state index contributed by atoms with van der Waals surface area (Å²) < 4.78 is 16.9. The number of ether oxygens (including phenoxy) is 3. The second-order valence-electron chi connectivity index (χ2n) is 8.70. The van der Waals surface area contributed by atoms with E-state index in [9.17, 15) is 14.4 Å². The van der Waals surface area contributed by atoms with Gasteiger partial charge in [-0.3, -0.25) is 0 Å². The van der Waals surface area contributed by atoms with E-state index in [-0.39, 0.29) is 6.61 Å². The summed E-state index contributed by atoms with van der Waals surface area (Å²) in [4.78, 5) is 42.6. The van der Waals surface area contributed by atoms with Gasteiger partial charge in [-0.05, 0) is 53.2 Å². The van der Waals surface area contributed by atoms with Gasteiger partial charge in [0.05, 0.1) is 0 Å². The van der Waals surface area contributed by atoms with E-state index in [4.69, 9.17) is 14.2 Å². The van der Waals surface area contributed by atoms with Crippen LogP contribution >= 0.6 is 0 Å². The van der Waals surface area contributed by atoms with Gasteiger partial charge in [-0.25, -0.2) is 19.1 Å². The Morgan fingerprint density at radius 1 is 0.938 bits per heavy atom. The number of carbonyl (C=O) groups excluding carboxylic acids is 3. The number of hydrogen-bond acceptors (Lipinski definition) is 7. The first kappa shape index (κ1) is 24.6. The summed E-state index contributed by atoms with van der Waals surface area (Å²) in [5, 5.41) is 3.99. The fourth-order valence-corrected chi connectivity index (χ4v) is 2.29. The first-order chi connectivity index (χ1) is 14.9. The minimum atomic E-state index is -1.10. The number of nitrogens with zero attached hydrogens (tertiary/aromatic N) is 4. The standard InChI is InChI=1S/C22H28N4O6/c1-21(2,3)31-18(27)24-17(25-14-10-13-23-25)26(20(29)32-22(4,5)6)19(28)30-15-16-11-8-7-9-12-16/h7-14H,15H2,1-6H3. The van der Waals surface area contributed by atoms with Crippen LogP contribution in [0.4, 0.5) is 14.4 Å². The maximum atomic E-state index is 13.0. The molecule has 10 heteroatoms. The molecule has 0 atom stereocenters. The fraction of sp³-hybridized carbons (Fsp3) is 0.409. The topological polar surface area (TPSA) is 112 Å². The molecule has 0 aliphatic carbocycles. The molecule has 10 nitrogen and oxygen atoms in total. The third-order valence-electron chi connectivity index (χ3n) is 3.46. The van der Waals surface area contributed by atoms with Gasteiger partial charge in [0.1, 0.15) is 17.8 Å². The summed E-state index contributed by atoms with van der Waals surface area (Å²) in [5.41, 5.74) is -1.08. The molecular formula is C22H28N4O6. The third kappa shape index (κ3) is 7.86. The van der Waals surface area contributed by atoms with Gasteiger partial charge in [0.15, 0.2) is 0 Å². The zero-order valence-electron chi connectivity index (χ0n) is 19.1. The van der Waals surface area contributed by atoms with Crippen molar-refractivity contribution in [2.24, 2.45) is 4.99 Å². The third-order valence-corrected chi connectivity index (χ3v) is 3.46. The molecule has 0 unspecified atom stereocenters. The molecule has 3 amide bonds. The normalized spacial score (nSPS) is 12.1. The second kappa shape index (κ2) is 10.1. The number of amides is 3. The summed E-state index contributed by atoms with van der Waals surface area (Å²) in [7, 11) is 0. The molecule has 0 radical (unpaired) electrons. The Bertz CT molecular complexity index is 957. The second-order valence-corrected chi connectivity index (χ2v) is 8.70. The first-order valence-corrected chi connectivity index (χ1v) is 9.91. The monoisotopic (exact) mass is 444 g/mol.